The number of aryl methyl sites for hydroxylation is 1. The van der Waals surface area contributed by atoms with Gasteiger partial charge in [0.25, 0.3) is 5.91 Å². The van der Waals surface area contributed by atoms with Gasteiger partial charge in [-0.3, -0.25) is 4.79 Å². The minimum atomic E-state index is -0.188. The average molecular weight is 398 g/mol. The quantitative estimate of drug-likeness (QED) is 0.608. The number of nitrogens with zero attached hydrogens (tertiary/aromatic N) is 1. The lowest BCUT2D eigenvalue weighted by Gasteiger charge is -2.14. The van der Waals surface area contributed by atoms with E-state index in [1.54, 1.807) is 56.8 Å². The van der Waals surface area contributed by atoms with Crippen LogP contribution >= 0.6 is 11.6 Å². The van der Waals surface area contributed by atoms with Gasteiger partial charge in [0.1, 0.15) is 17.3 Å². The zero-order chi connectivity index (χ0) is 20.1. The van der Waals surface area contributed by atoms with E-state index in [1.807, 2.05) is 19.1 Å². The van der Waals surface area contributed by atoms with Gasteiger partial charge in [-0.05, 0) is 31.2 Å². The number of ether oxygens (including phenoxy) is 2. The van der Waals surface area contributed by atoms with Crippen LogP contribution in [0.15, 0.2) is 54.7 Å². The second-order valence-electron chi connectivity index (χ2n) is 6.06. The number of halogens is 1. The Bertz CT molecular complexity index is 973. The molecule has 0 aliphatic rings. The molecule has 7 heteroatoms. The fraction of sp³-hybridized carbons (Fsp3) is 0.143. The van der Waals surface area contributed by atoms with E-state index >= 15 is 0 Å². The molecule has 1 aromatic heterocycles. The summed E-state index contributed by atoms with van der Waals surface area (Å²) in [4.78, 5) is 16.6. The number of hydrogen-bond donors (Lipinski definition) is 2. The third-order valence-electron chi connectivity index (χ3n) is 4.07. The molecule has 0 aliphatic heterocycles. The van der Waals surface area contributed by atoms with Crippen LogP contribution in [-0.4, -0.2) is 25.1 Å². The molecule has 0 bridgehead atoms. The molecular formula is C21H20ClN3O3. The van der Waals surface area contributed by atoms with Crippen LogP contribution in [0.2, 0.25) is 5.02 Å². The van der Waals surface area contributed by atoms with Crippen LogP contribution in [-0.2, 0) is 0 Å². The van der Waals surface area contributed by atoms with Crippen molar-refractivity contribution in [2.75, 3.05) is 24.9 Å². The normalized spacial score (nSPS) is 10.3. The molecule has 0 saturated heterocycles. The van der Waals surface area contributed by atoms with E-state index < -0.39 is 0 Å². The number of pyridine rings is 1. The van der Waals surface area contributed by atoms with Gasteiger partial charge in [-0.25, -0.2) is 4.98 Å². The molecule has 2 N–H and O–H groups in total. The fourth-order valence-electron chi connectivity index (χ4n) is 2.55. The molecule has 2 aromatic carbocycles. The van der Waals surface area contributed by atoms with Crippen molar-refractivity contribution in [1.29, 1.82) is 0 Å². The lowest BCUT2D eigenvalue weighted by molar-refractivity contribution is 0.102. The van der Waals surface area contributed by atoms with Crippen LogP contribution in [0.25, 0.3) is 0 Å². The van der Waals surface area contributed by atoms with Crippen LogP contribution in [0.4, 0.5) is 17.2 Å². The number of amides is 1. The number of carbonyl (C=O) groups is 1. The number of carbonyl (C=O) groups excluding carboxylic acids is 1. The summed E-state index contributed by atoms with van der Waals surface area (Å²) >= 11 is 6.12. The fourth-order valence-corrected chi connectivity index (χ4v) is 2.78. The summed E-state index contributed by atoms with van der Waals surface area (Å²) in [5, 5.41) is 6.43. The largest absolute Gasteiger partial charge is 0.495 e. The Morgan fingerprint density at radius 3 is 2.32 bits per heavy atom. The van der Waals surface area contributed by atoms with E-state index in [4.69, 9.17) is 21.1 Å². The Morgan fingerprint density at radius 1 is 1.00 bits per heavy atom. The molecule has 0 radical (unpaired) electrons. The maximum Gasteiger partial charge on any atom is 0.255 e. The third-order valence-corrected chi connectivity index (χ3v) is 4.37. The maximum atomic E-state index is 12.3. The molecule has 144 valence electrons. The van der Waals surface area contributed by atoms with Gasteiger partial charge >= 0.3 is 0 Å². The van der Waals surface area contributed by atoms with Gasteiger partial charge in [0, 0.05) is 17.7 Å². The van der Waals surface area contributed by atoms with Gasteiger partial charge < -0.3 is 20.1 Å². The Balaban J connectivity index is 1.73. The maximum absolute atomic E-state index is 12.3. The van der Waals surface area contributed by atoms with Crippen LogP contribution in [0, 0.1) is 6.92 Å². The van der Waals surface area contributed by atoms with E-state index in [1.165, 1.54) is 0 Å². The van der Waals surface area contributed by atoms with Gasteiger partial charge in [0.2, 0.25) is 0 Å². The highest BCUT2D eigenvalue weighted by atomic mass is 35.5. The van der Waals surface area contributed by atoms with Crippen molar-refractivity contribution in [3.05, 3.63) is 70.9 Å². The van der Waals surface area contributed by atoms with Crippen LogP contribution in [0.3, 0.4) is 0 Å². The molecule has 3 rings (SSSR count). The Kier molecular flexibility index (Phi) is 6.01. The summed E-state index contributed by atoms with van der Waals surface area (Å²) in [5.41, 5.74) is 2.94. The molecule has 0 saturated carbocycles. The van der Waals surface area contributed by atoms with Crippen LogP contribution < -0.4 is 20.1 Å². The highest BCUT2D eigenvalue weighted by Crippen LogP contribution is 2.37. The van der Waals surface area contributed by atoms with Crippen LogP contribution in [0.5, 0.6) is 11.5 Å². The number of anilines is 3. The van der Waals surface area contributed by atoms with Crippen molar-refractivity contribution < 1.29 is 14.3 Å². The highest BCUT2D eigenvalue weighted by Gasteiger charge is 2.11. The summed E-state index contributed by atoms with van der Waals surface area (Å²) in [7, 11) is 3.10. The van der Waals surface area contributed by atoms with E-state index in [9.17, 15) is 4.79 Å². The number of nitrogens with one attached hydrogen (secondary N) is 2. The molecule has 1 heterocycles. The first kappa shape index (κ1) is 19.5. The summed E-state index contributed by atoms with van der Waals surface area (Å²) < 4.78 is 10.6. The van der Waals surface area contributed by atoms with Crippen LogP contribution in [0.1, 0.15) is 15.9 Å². The number of hydrogen-bond acceptors (Lipinski definition) is 5. The second kappa shape index (κ2) is 8.63. The number of methoxy groups -OCH3 is 2. The zero-order valence-corrected chi connectivity index (χ0v) is 16.5. The zero-order valence-electron chi connectivity index (χ0n) is 15.7. The van der Waals surface area contributed by atoms with Crippen molar-refractivity contribution >= 4 is 34.7 Å². The first-order valence-corrected chi connectivity index (χ1v) is 8.90. The number of aromatic nitrogens is 1. The summed E-state index contributed by atoms with van der Waals surface area (Å²) in [5.74, 6) is 1.47. The standard InChI is InChI=1S/C21H20ClN3O3/c1-13-4-6-14(7-5-13)21(26)24-15-8-9-20(23-12-15)25-17-11-18(27-2)16(22)10-19(17)28-3/h4-12H,1-3H3,(H,23,25)(H,24,26). The first-order valence-electron chi connectivity index (χ1n) is 8.53. The average Bonchev–Trinajstić information content (AvgIpc) is 2.70. The van der Waals surface area contributed by atoms with Crippen molar-refractivity contribution in [2.45, 2.75) is 6.92 Å². The molecular weight excluding hydrogens is 378 g/mol. The summed E-state index contributed by atoms with van der Waals surface area (Å²) in [6, 6.07) is 14.3. The molecule has 1 amide bonds. The van der Waals surface area contributed by atoms with E-state index in [-0.39, 0.29) is 5.91 Å². The molecule has 0 unspecified atom stereocenters. The molecule has 28 heavy (non-hydrogen) atoms. The summed E-state index contributed by atoms with van der Waals surface area (Å²) in [6.07, 6.45) is 1.58. The Labute approximate surface area is 168 Å². The molecule has 0 aliphatic carbocycles. The Hall–Kier alpha value is -3.25. The molecule has 3 aromatic rings. The molecule has 6 nitrogen and oxygen atoms in total. The number of rotatable bonds is 6. The SMILES string of the molecule is COc1cc(Nc2ccc(NC(=O)c3ccc(C)cc3)cn2)c(OC)cc1Cl. The van der Waals surface area contributed by atoms with Gasteiger partial charge in [-0.2, -0.15) is 0 Å². The van der Waals surface area contributed by atoms with E-state index in [2.05, 4.69) is 15.6 Å². The van der Waals surface area contributed by atoms with Crippen molar-refractivity contribution in [1.82, 2.24) is 4.98 Å². The monoisotopic (exact) mass is 397 g/mol. The first-order chi connectivity index (χ1) is 13.5. The van der Waals surface area contributed by atoms with Crippen molar-refractivity contribution in [3.8, 4) is 11.5 Å². The highest BCUT2D eigenvalue weighted by molar-refractivity contribution is 6.32. The minimum absolute atomic E-state index is 0.188. The lowest BCUT2D eigenvalue weighted by Crippen LogP contribution is -2.12. The smallest absolute Gasteiger partial charge is 0.255 e. The van der Waals surface area contributed by atoms with Gasteiger partial charge in [-0.15, -0.1) is 0 Å². The molecule has 0 spiro atoms. The third kappa shape index (κ3) is 4.53. The van der Waals surface area contributed by atoms with Gasteiger partial charge in [0.15, 0.2) is 0 Å². The Morgan fingerprint density at radius 2 is 1.71 bits per heavy atom. The second-order valence-corrected chi connectivity index (χ2v) is 6.47. The van der Waals surface area contributed by atoms with Gasteiger partial charge in [0.05, 0.1) is 36.8 Å². The van der Waals surface area contributed by atoms with E-state index in [0.29, 0.717) is 39.3 Å². The van der Waals surface area contributed by atoms with Gasteiger partial charge in [-0.1, -0.05) is 29.3 Å². The number of benzene rings is 2. The van der Waals surface area contributed by atoms with Crippen molar-refractivity contribution in [2.24, 2.45) is 0 Å². The van der Waals surface area contributed by atoms with Crippen molar-refractivity contribution in [3.63, 3.8) is 0 Å². The molecule has 0 atom stereocenters. The lowest BCUT2D eigenvalue weighted by atomic mass is 10.1. The minimum Gasteiger partial charge on any atom is -0.495 e. The molecule has 0 fully saturated rings. The topological polar surface area (TPSA) is 72.5 Å². The predicted molar refractivity (Wildman–Crippen MR) is 111 cm³/mol. The van der Waals surface area contributed by atoms with E-state index in [0.717, 1.165) is 5.56 Å². The summed E-state index contributed by atoms with van der Waals surface area (Å²) in [6.45, 7) is 1.97. The predicted octanol–water partition coefficient (Wildman–Crippen LogP) is 5.06.